The van der Waals surface area contributed by atoms with Gasteiger partial charge in [-0.3, -0.25) is 4.79 Å². The number of amides is 2. The van der Waals surface area contributed by atoms with Crippen LogP contribution in [0.4, 0.5) is 41.2 Å². The molecule has 0 bridgehead atoms. The quantitative estimate of drug-likeness (QED) is 0.226. The summed E-state index contributed by atoms with van der Waals surface area (Å²) in [6, 6.07) is 6.23. The second-order valence-corrected chi connectivity index (χ2v) is 15.2. The summed E-state index contributed by atoms with van der Waals surface area (Å²) in [5, 5.41) is 12.9. The smallest absolute Gasteiger partial charge is 0.444 e. The number of carbonyl (C=O) groups excluding carboxylic acids is 2. The number of halogens is 7. The maximum Gasteiger partial charge on any atom is 0.471 e. The van der Waals surface area contributed by atoms with E-state index in [1.165, 1.54) is 45.0 Å². The van der Waals surface area contributed by atoms with Crippen LogP contribution in [0.3, 0.4) is 0 Å². The minimum absolute atomic E-state index is 0.0929. The van der Waals surface area contributed by atoms with Gasteiger partial charge in [0.1, 0.15) is 22.9 Å². The van der Waals surface area contributed by atoms with Crippen molar-refractivity contribution in [1.82, 2.24) is 25.7 Å². The predicted molar refractivity (Wildman–Crippen MR) is 166 cm³/mol. The van der Waals surface area contributed by atoms with E-state index < -0.39 is 97.2 Å². The lowest BCUT2D eigenvalue weighted by Gasteiger charge is -2.27. The van der Waals surface area contributed by atoms with Gasteiger partial charge in [0.2, 0.25) is 5.82 Å². The van der Waals surface area contributed by atoms with Crippen LogP contribution in [0.2, 0.25) is 0 Å². The topological polar surface area (TPSA) is 157 Å². The maximum absolute atomic E-state index is 15.8. The summed E-state index contributed by atoms with van der Waals surface area (Å²) in [5.41, 5.74) is -4.35. The molecule has 1 aliphatic heterocycles. The van der Waals surface area contributed by atoms with E-state index in [-0.39, 0.29) is 35.2 Å². The summed E-state index contributed by atoms with van der Waals surface area (Å²) in [5.74, 6) is -5.13. The molecule has 3 heterocycles. The molecule has 1 saturated carbocycles. The van der Waals surface area contributed by atoms with Gasteiger partial charge in [-0.05, 0) is 57.4 Å². The molecule has 0 radical (unpaired) electrons. The number of nitrogens with one attached hydrogen (secondary N) is 1. The number of benzene rings is 2. The average molecular weight is 757 g/mol. The number of hydrogen-bond donors (Lipinski definition) is 1. The number of alkyl halides is 6. The van der Waals surface area contributed by atoms with Crippen molar-refractivity contribution in [2.75, 3.05) is 10.7 Å². The number of anilines is 1. The van der Waals surface area contributed by atoms with Crippen LogP contribution in [-0.2, 0) is 37.5 Å². The van der Waals surface area contributed by atoms with Crippen LogP contribution in [0.25, 0.3) is 22.5 Å². The van der Waals surface area contributed by atoms with Crippen molar-refractivity contribution in [3.05, 3.63) is 71.6 Å². The van der Waals surface area contributed by atoms with Crippen molar-refractivity contribution in [2.24, 2.45) is 0 Å². The molecule has 2 amide bonds. The molecule has 0 spiro atoms. The number of rotatable bonds is 6. The van der Waals surface area contributed by atoms with Gasteiger partial charge in [0.05, 0.1) is 34.8 Å². The molecule has 2 aliphatic rings. The van der Waals surface area contributed by atoms with Crippen LogP contribution < -0.4 is 10.2 Å². The minimum Gasteiger partial charge on any atom is -0.444 e. The summed E-state index contributed by atoms with van der Waals surface area (Å²) in [4.78, 5) is 30.4. The molecule has 0 unspecified atom stereocenters. The van der Waals surface area contributed by atoms with E-state index in [1.807, 2.05) is 0 Å². The van der Waals surface area contributed by atoms with Gasteiger partial charge in [0.25, 0.3) is 5.91 Å². The van der Waals surface area contributed by atoms with Crippen LogP contribution in [0.15, 0.2) is 58.1 Å². The fraction of sp³-hybridized carbons (Fsp3) is 0.375. The zero-order valence-corrected chi connectivity index (χ0v) is 28.1. The highest BCUT2D eigenvalue weighted by molar-refractivity contribution is 7.91. The number of aromatic nitrogens is 4. The number of ether oxygens (including phenoxy) is 1. The molecule has 20 heteroatoms. The average Bonchev–Trinajstić information content (AvgIpc) is 3.72. The fourth-order valence-electron chi connectivity index (χ4n) is 5.58. The molecular formula is C32H27F7N6O6S. The Balaban J connectivity index is 1.43. The van der Waals surface area contributed by atoms with E-state index in [1.54, 1.807) is 0 Å². The standard InChI is InChI=1S/C32H27F7N6O6S/c1-29(2,3)50-28(47)41-21-15-52(48,49)23-12-20(33)19(18-10-24(43-40-13-18)30(8-9-30)32(37,38)39)11-22(23)45(26(21)46)14-16-4-6-17(7-5-16)25-42-27(51-44-25)31(34,35)36/h4-7,10-13,21H,8-9,14-15H2,1-3H3,(H,41,47)/t21-/m0/s1. The first-order valence-electron chi connectivity index (χ1n) is 15.4. The van der Waals surface area contributed by atoms with E-state index in [2.05, 4.69) is 30.2 Å². The Bertz CT molecular complexity index is 2160. The molecule has 4 aromatic rings. The largest absolute Gasteiger partial charge is 0.471 e. The highest BCUT2D eigenvalue weighted by atomic mass is 32.2. The van der Waals surface area contributed by atoms with Crippen molar-refractivity contribution in [2.45, 2.75) is 74.5 Å². The number of alkyl carbamates (subject to hydrolysis) is 1. The highest BCUT2D eigenvalue weighted by Gasteiger charge is 2.65. The van der Waals surface area contributed by atoms with Gasteiger partial charge in [-0.1, -0.05) is 29.4 Å². The first kappa shape index (κ1) is 36.6. The molecule has 1 atom stereocenters. The third kappa shape index (κ3) is 7.15. The summed E-state index contributed by atoms with van der Waals surface area (Å²) in [6.45, 7) is 4.17. The summed E-state index contributed by atoms with van der Waals surface area (Å²) in [6.07, 6.45) is -10.2. The SMILES string of the molecule is CC(C)(C)OC(=O)N[C@H]1CS(=O)(=O)c2cc(F)c(-c3cnnc(C4(C(F)(F)F)CC4)c3)cc2N(Cc2ccc(-c3noc(C(F)(F)F)n3)cc2)C1=O. The van der Waals surface area contributed by atoms with Gasteiger partial charge in [0.15, 0.2) is 9.84 Å². The number of carbonyl (C=O) groups is 2. The van der Waals surface area contributed by atoms with Gasteiger partial charge >= 0.3 is 24.3 Å². The molecule has 1 fully saturated rings. The van der Waals surface area contributed by atoms with Crippen molar-refractivity contribution in [3.8, 4) is 22.5 Å². The van der Waals surface area contributed by atoms with Crippen LogP contribution in [0.5, 0.6) is 0 Å². The molecular weight excluding hydrogens is 729 g/mol. The Morgan fingerprint density at radius 2 is 1.71 bits per heavy atom. The van der Waals surface area contributed by atoms with Gasteiger partial charge in [-0.2, -0.15) is 41.5 Å². The van der Waals surface area contributed by atoms with Crippen LogP contribution in [0.1, 0.15) is 50.8 Å². The Morgan fingerprint density at radius 3 is 2.29 bits per heavy atom. The first-order valence-corrected chi connectivity index (χ1v) is 17.0. The van der Waals surface area contributed by atoms with E-state index in [0.717, 1.165) is 23.2 Å². The second-order valence-electron chi connectivity index (χ2n) is 13.2. The lowest BCUT2D eigenvalue weighted by atomic mass is 9.97. The Labute approximate surface area is 290 Å². The number of hydrogen-bond acceptors (Lipinski definition) is 10. The summed E-state index contributed by atoms with van der Waals surface area (Å²) < 4.78 is 133. The molecule has 1 aliphatic carbocycles. The summed E-state index contributed by atoms with van der Waals surface area (Å²) in [7, 11) is -4.56. The normalized spacial score (nSPS) is 18.4. The van der Waals surface area contributed by atoms with E-state index in [9.17, 15) is 44.3 Å². The van der Waals surface area contributed by atoms with Crippen molar-refractivity contribution < 1.29 is 58.0 Å². The van der Waals surface area contributed by atoms with E-state index in [0.29, 0.717) is 6.07 Å². The lowest BCUT2D eigenvalue weighted by molar-refractivity contribution is -0.161. The molecule has 2 aromatic heterocycles. The van der Waals surface area contributed by atoms with E-state index >= 15 is 4.39 Å². The second kappa shape index (κ2) is 12.5. The van der Waals surface area contributed by atoms with Gasteiger partial charge in [0, 0.05) is 16.7 Å². The third-order valence-electron chi connectivity index (χ3n) is 8.29. The van der Waals surface area contributed by atoms with Crippen molar-refractivity contribution >= 4 is 27.5 Å². The zero-order valence-electron chi connectivity index (χ0n) is 27.3. The molecule has 52 heavy (non-hydrogen) atoms. The van der Waals surface area contributed by atoms with Gasteiger partial charge in [-0.15, -0.1) is 0 Å². The number of fused-ring (bicyclic) bond motifs is 1. The monoisotopic (exact) mass is 756 g/mol. The Kier molecular flexibility index (Phi) is 8.82. The third-order valence-corrected chi connectivity index (χ3v) is 10.1. The summed E-state index contributed by atoms with van der Waals surface area (Å²) >= 11 is 0. The van der Waals surface area contributed by atoms with Gasteiger partial charge < -0.3 is 19.5 Å². The predicted octanol–water partition coefficient (Wildman–Crippen LogP) is 6.16. The number of sulfone groups is 1. The lowest BCUT2D eigenvalue weighted by Crippen LogP contribution is -2.51. The molecule has 12 nitrogen and oxygen atoms in total. The first-order chi connectivity index (χ1) is 24.1. The maximum atomic E-state index is 15.8. The van der Waals surface area contributed by atoms with Crippen LogP contribution >= 0.6 is 0 Å². The van der Waals surface area contributed by atoms with Crippen molar-refractivity contribution in [1.29, 1.82) is 0 Å². The molecule has 1 N–H and O–H groups in total. The van der Waals surface area contributed by atoms with Crippen LogP contribution in [0, 0.1) is 5.82 Å². The Morgan fingerprint density at radius 1 is 1.04 bits per heavy atom. The van der Waals surface area contributed by atoms with Crippen molar-refractivity contribution in [3.63, 3.8) is 0 Å². The van der Waals surface area contributed by atoms with E-state index in [4.69, 9.17) is 4.74 Å². The highest BCUT2D eigenvalue weighted by Crippen LogP contribution is 2.58. The molecule has 6 rings (SSSR count). The van der Waals surface area contributed by atoms with Crippen LogP contribution in [-0.4, -0.2) is 64.3 Å². The number of nitrogens with zero attached hydrogens (tertiary/aromatic N) is 5. The molecule has 276 valence electrons. The minimum atomic E-state index is -4.89. The Hall–Kier alpha value is -5.14. The zero-order chi connectivity index (χ0) is 38.0. The fourth-order valence-corrected chi connectivity index (χ4v) is 7.20. The molecule has 2 aromatic carbocycles. The van der Waals surface area contributed by atoms with Gasteiger partial charge in [-0.25, -0.2) is 17.6 Å². The molecule has 0 saturated heterocycles.